The van der Waals surface area contributed by atoms with Crippen LogP contribution in [0.3, 0.4) is 0 Å². The molecule has 0 aliphatic heterocycles. The van der Waals surface area contributed by atoms with Crippen molar-refractivity contribution < 1.29 is 4.79 Å². The van der Waals surface area contributed by atoms with Gasteiger partial charge in [0.2, 0.25) is 5.91 Å². The molecule has 1 amide bonds. The average molecular weight is 268 g/mol. The van der Waals surface area contributed by atoms with Crippen LogP contribution in [-0.4, -0.2) is 10.5 Å². The van der Waals surface area contributed by atoms with Crippen LogP contribution in [0.1, 0.15) is 18.2 Å². The Balaban J connectivity index is 1.96. The minimum Gasteiger partial charge on any atom is -0.381 e. The van der Waals surface area contributed by atoms with Gasteiger partial charge in [0.25, 0.3) is 0 Å². The minimum atomic E-state index is -0.0842. The van der Waals surface area contributed by atoms with E-state index in [1.165, 1.54) is 6.92 Å². The van der Waals surface area contributed by atoms with E-state index in [9.17, 15) is 4.79 Å². The Morgan fingerprint density at radius 1 is 1.30 bits per heavy atom. The molecular weight excluding hydrogens is 252 g/mol. The van der Waals surface area contributed by atoms with Gasteiger partial charge in [0, 0.05) is 38.1 Å². The minimum absolute atomic E-state index is 0.0842. The van der Waals surface area contributed by atoms with Crippen molar-refractivity contribution >= 4 is 17.3 Å². The summed E-state index contributed by atoms with van der Waals surface area (Å²) in [4.78, 5) is 10.9. The molecule has 0 fully saturated rings. The summed E-state index contributed by atoms with van der Waals surface area (Å²) in [5.74, 6) is -0.0842. The fourth-order valence-corrected chi connectivity index (χ4v) is 1.92. The Morgan fingerprint density at radius 2 is 1.95 bits per heavy atom. The van der Waals surface area contributed by atoms with E-state index in [4.69, 9.17) is 5.26 Å². The molecule has 0 spiro atoms. The molecule has 0 saturated carbocycles. The third kappa shape index (κ3) is 3.39. The normalized spacial score (nSPS) is 9.85. The molecule has 0 aliphatic rings. The molecule has 2 aromatic rings. The van der Waals surface area contributed by atoms with E-state index in [-0.39, 0.29) is 5.91 Å². The van der Waals surface area contributed by atoms with Crippen molar-refractivity contribution in [2.45, 2.75) is 13.5 Å². The van der Waals surface area contributed by atoms with Crippen molar-refractivity contribution in [3.05, 3.63) is 47.8 Å². The van der Waals surface area contributed by atoms with Crippen molar-refractivity contribution in [2.24, 2.45) is 7.05 Å². The Bertz CT molecular complexity index is 650. The molecular formula is C15H16N4O. The highest BCUT2D eigenvalue weighted by atomic mass is 16.1. The number of nitrogens with one attached hydrogen (secondary N) is 2. The summed E-state index contributed by atoms with van der Waals surface area (Å²) in [6.07, 6.45) is 1.93. The Morgan fingerprint density at radius 3 is 2.50 bits per heavy atom. The van der Waals surface area contributed by atoms with Crippen molar-refractivity contribution in [3.8, 4) is 6.07 Å². The lowest BCUT2D eigenvalue weighted by Gasteiger charge is -2.06. The molecule has 0 bridgehead atoms. The van der Waals surface area contributed by atoms with Crippen LogP contribution in [0.15, 0.2) is 36.5 Å². The number of amides is 1. The molecule has 5 nitrogen and oxygen atoms in total. The van der Waals surface area contributed by atoms with Gasteiger partial charge in [-0.05, 0) is 35.9 Å². The summed E-state index contributed by atoms with van der Waals surface area (Å²) in [5, 5.41) is 14.9. The molecule has 0 aliphatic carbocycles. The quantitative estimate of drug-likeness (QED) is 0.895. The molecule has 0 saturated heterocycles. The average Bonchev–Trinajstić information content (AvgIpc) is 2.78. The fraction of sp³-hybridized carbons (Fsp3) is 0.200. The predicted octanol–water partition coefficient (Wildman–Crippen LogP) is 2.47. The highest BCUT2D eigenvalue weighted by molar-refractivity contribution is 5.88. The van der Waals surface area contributed by atoms with Gasteiger partial charge in [0.15, 0.2) is 0 Å². The summed E-state index contributed by atoms with van der Waals surface area (Å²) in [6, 6.07) is 11.5. The van der Waals surface area contributed by atoms with E-state index in [2.05, 4.69) is 16.7 Å². The second-order valence-electron chi connectivity index (χ2n) is 4.57. The van der Waals surface area contributed by atoms with Gasteiger partial charge >= 0.3 is 0 Å². The summed E-state index contributed by atoms with van der Waals surface area (Å²) in [5.41, 5.74) is 3.42. The number of nitriles is 1. The van der Waals surface area contributed by atoms with Gasteiger partial charge in [0.1, 0.15) is 11.8 Å². The lowest BCUT2D eigenvalue weighted by Crippen LogP contribution is -2.05. The van der Waals surface area contributed by atoms with Crippen LogP contribution in [0.5, 0.6) is 0 Å². The van der Waals surface area contributed by atoms with Crippen LogP contribution in [-0.2, 0) is 18.4 Å². The van der Waals surface area contributed by atoms with Crippen molar-refractivity contribution in [1.82, 2.24) is 4.57 Å². The zero-order valence-corrected chi connectivity index (χ0v) is 11.5. The van der Waals surface area contributed by atoms with Gasteiger partial charge in [-0.15, -0.1) is 0 Å². The first-order valence-corrected chi connectivity index (χ1v) is 6.25. The van der Waals surface area contributed by atoms with Crippen LogP contribution >= 0.6 is 0 Å². The second-order valence-corrected chi connectivity index (χ2v) is 4.57. The summed E-state index contributed by atoms with van der Waals surface area (Å²) in [7, 11) is 1.85. The number of benzene rings is 1. The monoisotopic (exact) mass is 268 g/mol. The van der Waals surface area contributed by atoms with Gasteiger partial charge in [-0.3, -0.25) is 4.79 Å². The molecule has 0 atom stereocenters. The molecule has 1 heterocycles. The molecule has 2 rings (SSSR count). The van der Waals surface area contributed by atoms with Crippen LogP contribution in [0, 0.1) is 11.3 Å². The van der Waals surface area contributed by atoms with Crippen LogP contribution < -0.4 is 10.6 Å². The number of aromatic nitrogens is 1. The van der Waals surface area contributed by atoms with Gasteiger partial charge < -0.3 is 15.2 Å². The number of nitrogens with zero attached hydrogens (tertiary/aromatic N) is 2. The smallest absolute Gasteiger partial charge is 0.221 e. The van der Waals surface area contributed by atoms with E-state index in [0.717, 1.165) is 16.9 Å². The number of anilines is 2. The number of hydrogen-bond donors (Lipinski definition) is 2. The molecule has 1 aromatic heterocycles. The maximum atomic E-state index is 10.9. The number of carbonyl (C=O) groups is 1. The summed E-state index contributed by atoms with van der Waals surface area (Å²) in [6.45, 7) is 2.13. The van der Waals surface area contributed by atoms with E-state index in [1.807, 2.05) is 43.6 Å². The van der Waals surface area contributed by atoms with Crippen LogP contribution in [0.25, 0.3) is 0 Å². The fourth-order valence-electron chi connectivity index (χ4n) is 1.92. The molecule has 0 unspecified atom stereocenters. The number of hydrogen-bond acceptors (Lipinski definition) is 3. The molecule has 102 valence electrons. The summed E-state index contributed by atoms with van der Waals surface area (Å²) < 4.78 is 1.80. The van der Waals surface area contributed by atoms with Crippen molar-refractivity contribution in [2.75, 3.05) is 10.6 Å². The lowest BCUT2D eigenvalue weighted by molar-refractivity contribution is -0.114. The van der Waals surface area contributed by atoms with E-state index < -0.39 is 0 Å². The van der Waals surface area contributed by atoms with Crippen LogP contribution in [0.4, 0.5) is 11.4 Å². The molecule has 20 heavy (non-hydrogen) atoms. The maximum absolute atomic E-state index is 10.9. The Labute approximate surface area is 117 Å². The highest BCUT2D eigenvalue weighted by Crippen LogP contribution is 2.15. The third-order valence-corrected chi connectivity index (χ3v) is 2.88. The van der Waals surface area contributed by atoms with Crippen molar-refractivity contribution in [3.63, 3.8) is 0 Å². The largest absolute Gasteiger partial charge is 0.381 e. The first kappa shape index (κ1) is 13.7. The number of carbonyl (C=O) groups excluding carboxylic acids is 1. The standard InChI is InChI=1S/C15H16N4O/c1-11(20)18-14-5-3-13(4-6-14)17-9-12-7-15(8-16)19(2)10-12/h3-7,10,17H,9H2,1-2H3,(H,18,20). The first-order valence-electron chi connectivity index (χ1n) is 6.25. The van der Waals surface area contributed by atoms with Gasteiger partial charge in [0.05, 0.1) is 0 Å². The SMILES string of the molecule is CC(=O)Nc1ccc(NCc2cc(C#N)n(C)c2)cc1. The van der Waals surface area contributed by atoms with Gasteiger partial charge in [-0.25, -0.2) is 0 Å². The molecule has 1 aromatic carbocycles. The first-order chi connectivity index (χ1) is 9.58. The van der Waals surface area contributed by atoms with E-state index in [1.54, 1.807) is 4.57 Å². The zero-order chi connectivity index (χ0) is 14.5. The Hall–Kier alpha value is -2.74. The third-order valence-electron chi connectivity index (χ3n) is 2.88. The Kier molecular flexibility index (Phi) is 4.06. The molecule has 0 radical (unpaired) electrons. The van der Waals surface area contributed by atoms with E-state index >= 15 is 0 Å². The van der Waals surface area contributed by atoms with E-state index in [0.29, 0.717) is 12.2 Å². The van der Waals surface area contributed by atoms with Gasteiger partial charge in [-0.1, -0.05) is 0 Å². The van der Waals surface area contributed by atoms with Gasteiger partial charge in [-0.2, -0.15) is 5.26 Å². The van der Waals surface area contributed by atoms with Crippen molar-refractivity contribution in [1.29, 1.82) is 5.26 Å². The topological polar surface area (TPSA) is 69.8 Å². The zero-order valence-electron chi connectivity index (χ0n) is 11.5. The predicted molar refractivity (Wildman–Crippen MR) is 78.2 cm³/mol. The lowest BCUT2D eigenvalue weighted by atomic mass is 10.2. The maximum Gasteiger partial charge on any atom is 0.221 e. The molecule has 5 heteroatoms. The van der Waals surface area contributed by atoms with Crippen LogP contribution in [0.2, 0.25) is 0 Å². The number of aryl methyl sites for hydroxylation is 1. The molecule has 2 N–H and O–H groups in total. The summed E-state index contributed by atoms with van der Waals surface area (Å²) >= 11 is 0. The second kappa shape index (κ2) is 5.93. The highest BCUT2D eigenvalue weighted by Gasteiger charge is 2.02. The number of rotatable bonds is 4.